The second kappa shape index (κ2) is 8.52. The molecule has 0 bridgehead atoms. The number of carboxylic acids is 1. The normalized spacial score (nSPS) is 19.0. The number of hydrogen-bond acceptors (Lipinski definition) is 7. The highest BCUT2D eigenvalue weighted by Gasteiger charge is 2.41. The maximum absolute atomic E-state index is 12.3. The molecule has 0 aromatic heterocycles. The Morgan fingerprint density at radius 3 is 2.73 bits per heavy atom. The number of rotatable bonds is 7. The Hall–Kier alpha value is -2.82. The summed E-state index contributed by atoms with van der Waals surface area (Å²) in [7, 11) is 0. The van der Waals surface area contributed by atoms with Gasteiger partial charge < -0.3 is 20.2 Å². The third kappa shape index (κ3) is 4.42. The molecule has 0 saturated carbocycles. The number of hydrogen-bond donors (Lipinski definition) is 2. The monoisotopic (exact) mass is 383 g/mol. The van der Waals surface area contributed by atoms with Gasteiger partial charge in [-0.3, -0.25) is 9.59 Å². The van der Waals surface area contributed by atoms with Crippen LogP contribution in [0.3, 0.4) is 0 Å². The van der Waals surface area contributed by atoms with Crippen LogP contribution in [-0.2, 0) is 14.4 Å². The van der Waals surface area contributed by atoms with E-state index < -0.39 is 28.4 Å². The van der Waals surface area contributed by atoms with Gasteiger partial charge >= 0.3 is 5.97 Å². The lowest BCUT2D eigenvalue weighted by atomic mass is 10.1. The third-order valence-electron chi connectivity index (χ3n) is 3.72. The molecule has 2 N–H and O–H groups in total. The molecule has 2 unspecified atom stereocenters. The quantitative estimate of drug-likeness (QED) is 0.398. The van der Waals surface area contributed by atoms with E-state index >= 15 is 0 Å². The molecule has 0 spiro atoms. The molecule has 0 radical (unpaired) electrons. The Morgan fingerprint density at radius 1 is 1.42 bits per heavy atom. The van der Waals surface area contributed by atoms with Gasteiger partial charge in [-0.1, -0.05) is 18.2 Å². The van der Waals surface area contributed by atoms with Crippen molar-refractivity contribution in [2.24, 2.45) is 0 Å². The Bertz CT molecular complexity index is 727. The number of aromatic carboxylic acids is 1. The molecule has 1 heterocycles. The first kappa shape index (κ1) is 19.5. The fraction of sp³-hybridized carbons (Fsp3) is 0.400. The van der Waals surface area contributed by atoms with Gasteiger partial charge in [0.1, 0.15) is 18.0 Å². The lowest BCUT2D eigenvalue weighted by molar-refractivity contribution is -0.757. The van der Waals surface area contributed by atoms with Gasteiger partial charge in [-0.15, -0.1) is 21.9 Å². The Kier molecular flexibility index (Phi) is 6.39. The number of carbonyl (C=O) groups is 3. The Labute approximate surface area is 152 Å². The molecule has 10 nitrogen and oxygen atoms in total. The highest BCUT2D eigenvalue weighted by molar-refractivity contribution is 7.99. The predicted molar refractivity (Wildman–Crippen MR) is 90.9 cm³/mol. The molecular weight excluding hydrogens is 366 g/mol. The van der Waals surface area contributed by atoms with Crippen LogP contribution in [0.2, 0.25) is 0 Å². The molecule has 2 rings (SSSR count). The first-order valence-corrected chi connectivity index (χ1v) is 8.65. The van der Waals surface area contributed by atoms with Crippen molar-refractivity contribution in [1.29, 1.82) is 0 Å². The van der Waals surface area contributed by atoms with Crippen LogP contribution in [0.25, 0.3) is 0 Å². The summed E-state index contributed by atoms with van der Waals surface area (Å²) in [4.78, 5) is 51.4. The van der Waals surface area contributed by atoms with Crippen LogP contribution in [-0.4, -0.2) is 57.8 Å². The minimum atomic E-state index is -1.12. The second-order valence-corrected chi connectivity index (χ2v) is 6.48. The standard InChI is InChI=1S/C15H17N3O7S/c1-9(19)17-12(13(20)16-6-7-25-18(23)24)8-26-14(17)10-4-2-3-5-11(10)15(21)22/h2-5,12,14H,6-8H2,1H3,(H,16,20)(H,21,22). The molecule has 1 aromatic rings. The first-order chi connectivity index (χ1) is 12.3. The van der Waals surface area contributed by atoms with Gasteiger partial charge in [0.25, 0.3) is 5.09 Å². The molecule has 1 fully saturated rings. The van der Waals surface area contributed by atoms with E-state index in [0.717, 1.165) is 0 Å². The van der Waals surface area contributed by atoms with Crippen LogP contribution in [0, 0.1) is 10.1 Å². The molecule has 0 aliphatic carbocycles. The number of carbonyl (C=O) groups excluding carboxylic acids is 2. The predicted octanol–water partition coefficient (Wildman–Crippen LogP) is 0.672. The van der Waals surface area contributed by atoms with Crippen LogP contribution in [0.1, 0.15) is 28.2 Å². The number of nitrogens with one attached hydrogen (secondary N) is 1. The molecule has 1 saturated heterocycles. The van der Waals surface area contributed by atoms with Crippen LogP contribution in [0.4, 0.5) is 0 Å². The van der Waals surface area contributed by atoms with Crippen LogP contribution >= 0.6 is 11.8 Å². The van der Waals surface area contributed by atoms with E-state index in [9.17, 15) is 29.6 Å². The van der Waals surface area contributed by atoms with Crippen molar-refractivity contribution in [3.05, 3.63) is 45.5 Å². The average molecular weight is 383 g/mol. The molecule has 1 aliphatic rings. The van der Waals surface area contributed by atoms with E-state index in [4.69, 9.17) is 0 Å². The molecular formula is C15H17N3O7S. The summed E-state index contributed by atoms with van der Waals surface area (Å²) >= 11 is 1.29. The Morgan fingerprint density at radius 2 is 2.12 bits per heavy atom. The number of benzene rings is 1. The van der Waals surface area contributed by atoms with Gasteiger partial charge in [-0.25, -0.2) is 4.79 Å². The molecule has 1 aliphatic heterocycles. The lowest BCUT2D eigenvalue weighted by Gasteiger charge is -2.28. The van der Waals surface area contributed by atoms with E-state index in [-0.39, 0.29) is 30.4 Å². The molecule has 26 heavy (non-hydrogen) atoms. The minimum absolute atomic E-state index is 0.0664. The first-order valence-electron chi connectivity index (χ1n) is 7.60. The van der Waals surface area contributed by atoms with Gasteiger partial charge in [0.15, 0.2) is 0 Å². The maximum Gasteiger partial charge on any atom is 0.336 e. The lowest BCUT2D eigenvalue weighted by Crippen LogP contribution is -2.48. The van der Waals surface area contributed by atoms with E-state index in [2.05, 4.69) is 10.2 Å². The SMILES string of the molecule is CC(=O)N1C(C(=O)NCCO[N+](=O)[O-])CSC1c1ccccc1C(=O)O. The summed E-state index contributed by atoms with van der Waals surface area (Å²) in [5.41, 5.74) is 0.504. The molecule has 140 valence electrons. The van der Waals surface area contributed by atoms with Gasteiger partial charge in [-0.2, -0.15) is 0 Å². The topological polar surface area (TPSA) is 139 Å². The van der Waals surface area contributed by atoms with Gasteiger partial charge in [0.2, 0.25) is 11.8 Å². The van der Waals surface area contributed by atoms with Crippen molar-refractivity contribution in [2.45, 2.75) is 18.3 Å². The summed E-state index contributed by atoms with van der Waals surface area (Å²) in [6.07, 6.45) is 0. The third-order valence-corrected chi connectivity index (χ3v) is 5.03. The fourth-order valence-corrected chi connectivity index (χ4v) is 4.17. The minimum Gasteiger partial charge on any atom is -0.478 e. The number of carboxylic acid groups (broad SMARTS) is 1. The van der Waals surface area contributed by atoms with Gasteiger partial charge in [0.05, 0.1) is 5.56 Å². The number of nitrogens with zero attached hydrogens (tertiary/aromatic N) is 2. The number of amides is 2. The molecule has 1 aromatic carbocycles. The maximum atomic E-state index is 12.3. The average Bonchev–Trinajstić information content (AvgIpc) is 3.03. The zero-order valence-corrected chi connectivity index (χ0v) is 14.6. The molecule has 2 atom stereocenters. The van der Waals surface area contributed by atoms with E-state index in [1.807, 2.05) is 0 Å². The Balaban J connectivity index is 2.15. The van der Waals surface area contributed by atoms with E-state index in [0.29, 0.717) is 5.56 Å². The fourth-order valence-electron chi connectivity index (χ4n) is 2.65. The molecule has 2 amide bonds. The number of thioether (sulfide) groups is 1. The van der Waals surface area contributed by atoms with Gasteiger partial charge in [-0.05, 0) is 11.6 Å². The van der Waals surface area contributed by atoms with Crippen molar-refractivity contribution in [1.82, 2.24) is 10.2 Å². The summed E-state index contributed by atoms with van der Waals surface area (Å²) in [5, 5.41) is 20.4. The summed E-state index contributed by atoms with van der Waals surface area (Å²) in [5.74, 6) is -1.69. The largest absolute Gasteiger partial charge is 0.478 e. The summed E-state index contributed by atoms with van der Waals surface area (Å²) < 4.78 is 0. The highest BCUT2D eigenvalue weighted by atomic mass is 32.2. The second-order valence-electron chi connectivity index (χ2n) is 5.37. The van der Waals surface area contributed by atoms with Crippen molar-refractivity contribution >= 4 is 29.5 Å². The van der Waals surface area contributed by atoms with Crippen molar-refractivity contribution in [3.63, 3.8) is 0 Å². The van der Waals surface area contributed by atoms with Crippen molar-refractivity contribution in [2.75, 3.05) is 18.9 Å². The van der Waals surface area contributed by atoms with Crippen LogP contribution < -0.4 is 5.32 Å². The highest BCUT2D eigenvalue weighted by Crippen LogP contribution is 2.42. The van der Waals surface area contributed by atoms with Gasteiger partial charge in [0, 0.05) is 19.2 Å². The summed E-state index contributed by atoms with van der Waals surface area (Å²) in [6.45, 7) is 0.922. The van der Waals surface area contributed by atoms with Crippen molar-refractivity contribution < 1.29 is 29.4 Å². The van der Waals surface area contributed by atoms with Crippen LogP contribution in [0.5, 0.6) is 0 Å². The van der Waals surface area contributed by atoms with Crippen LogP contribution in [0.15, 0.2) is 24.3 Å². The van der Waals surface area contributed by atoms with Crippen molar-refractivity contribution in [3.8, 4) is 0 Å². The zero-order valence-electron chi connectivity index (χ0n) is 13.8. The zero-order chi connectivity index (χ0) is 19.3. The summed E-state index contributed by atoms with van der Waals surface area (Å²) in [6, 6.07) is 5.51. The molecule has 11 heteroatoms. The smallest absolute Gasteiger partial charge is 0.336 e. The van der Waals surface area contributed by atoms with E-state index in [1.165, 1.54) is 29.7 Å². The van der Waals surface area contributed by atoms with E-state index in [1.54, 1.807) is 18.2 Å².